The fraction of sp³-hybridized carbons (Fsp3) is 0.941. The average Bonchev–Trinajstić information content (AvgIpc) is 3.01. The van der Waals surface area contributed by atoms with Gasteiger partial charge >= 0.3 is 29.6 Å². The number of unbranched alkanes of at least 4 members (excludes halogenated alkanes) is 6. The van der Waals surface area contributed by atoms with Crippen LogP contribution in [0, 0.1) is 17.8 Å². The average molecular weight is 290 g/mol. The molecule has 2 nitrogen and oxygen atoms in total. The molecule has 0 aliphatic heterocycles. The second-order valence-corrected chi connectivity index (χ2v) is 6.27. The van der Waals surface area contributed by atoms with E-state index in [1.807, 2.05) is 0 Å². The second kappa shape index (κ2) is 12.1. The molecule has 1 rings (SSSR count). The van der Waals surface area contributed by atoms with Crippen LogP contribution in [0.25, 0.3) is 0 Å². The molecule has 0 amide bonds. The Hall–Kier alpha value is 0.470. The summed E-state index contributed by atoms with van der Waals surface area (Å²) in [6.45, 7) is 4.46. The molecular weight excluding hydrogens is 259 g/mol. The van der Waals surface area contributed by atoms with Gasteiger partial charge in [0.25, 0.3) is 0 Å². The fourth-order valence-electron chi connectivity index (χ4n) is 3.49. The van der Waals surface area contributed by atoms with E-state index in [0.717, 1.165) is 0 Å². The monoisotopic (exact) mass is 290 g/mol. The number of carbonyl (C=O) groups is 1. The first-order valence-corrected chi connectivity index (χ1v) is 8.40. The largest absolute Gasteiger partial charge is 1.00 e. The first-order chi connectivity index (χ1) is 9.20. The molecular formula is C17H31NaO2. The predicted octanol–water partition coefficient (Wildman–Crippen LogP) is 0.933. The first kappa shape index (κ1) is 20.5. The van der Waals surface area contributed by atoms with Crippen LogP contribution in [0.3, 0.4) is 0 Å². The van der Waals surface area contributed by atoms with Gasteiger partial charge in [-0.3, -0.25) is 0 Å². The minimum absolute atomic E-state index is 0. The van der Waals surface area contributed by atoms with Gasteiger partial charge in [0.15, 0.2) is 0 Å². The summed E-state index contributed by atoms with van der Waals surface area (Å²) in [6, 6.07) is 0. The Balaban J connectivity index is 0.00000361. The summed E-state index contributed by atoms with van der Waals surface area (Å²) in [5.41, 5.74) is 0. The molecule has 0 aromatic carbocycles. The number of hydrogen-bond donors (Lipinski definition) is 0. The maximum Gasteiger partial charge on any atom is 1.00 e. The van der Waals surface area contributed by atoms with Crippen molar-refractivity contribution in [1.82, 2.24) is 0 Å². The minimum Gasteiger partial charge on any atom is -0.550 e. The van der Waals surface area contributed by atoms with Gasteiger partial charge in [-0.05, 0) is 37.0 Å². The van der Waals surface area contributed by atoms with Crippen molar-refractivity contribution in [1.29, 1.82) is 0 Å². The molecule has 1 saturated carbocycles. The van der Waals surface area contributed by atoms with E-state index >= 15 is 0 Å². The van der Waals surface area contributed by atoms with Gasteiger partial charge in [-0.2, -0.15) is 0 Å². The van der Waals surface area contributed by atoms with Crippen molar-refractivity contribution in [2.45, 2.75) is 84.5 Å². The van der Waals surface area contributed by atoms with Gasteiger partial charge in [0.1, 0.15) is 0 Å². The molecule has 0 bridgehead atoms. The van der Waals surface area contributed by atoms with E-state index in [1.165, 1.54) is 64.2 Å². The zero-order valence-corrected chi connectivity index (χ0v) is 15.8. The van der Waals surface area contributed by atoms with Crippen molar-refractivity contribution in [2.24, 2.45) is 17.8 Å². The third-order valence-electron chi connectivity index (χ3n) is 4.69. The van der Waals surface area contributed by atoms with Gasteiger partial charge < -0.3 is 9.90 Å². The summed E-state index contributed by atoms with van der Waals surface area (Å²) in [6.07, 6.45) is 13.2. The number of carboxylic acid groups (broad SMARTS) is 1. The van der Waals surface area contributed by atoms with Crippen LogP contribution in [0.1, 0.15) is 84.5 Å². The molecule has 0 aromatic heterocycles. The Morgan fingerprint density at radius 1 is 0.800 bits per heavy atom. The number of rotatable bonds is 12. The van der Waals surface area contributed by atoms with Gasteiger partial charge in [-0.25, -0.2) is 0 Å². The molecule has 0 aromatic rings. The Morgan fingerprint density at radius 3 is 1.60 bits per heavy atom. The van der Waals surface area contributed by atoms with Crippen molar-refractivity contribution < 1.29 is 39.5 Å². The van der Waals surface area contributed by atoms with Crippen molar-refractivity contribution in [3.05, 3.63) is 0 Å². The molecule has 2 unspecified atom stereocenters. The molecule has 2 atom stereocenters. The smallest absolute Gasteiger partial charge is 0.550 e. The zero-order valence-electron chi connectivity index (χ0n) is 13.8. The molecule has 0 spiro atoms. The van der Waals surface area contributed by atoms with Crippen LogP contribution in [0.4, 0.5) is 0 Å². The quantitative estimate of drug-likeness (QED) is 0.396. The fourth-order valence-corrected chi connectivity index (χ4v) is 3.49. The normalized spacial score (nSPS) is 24.2. The molecule has 1 aliphatic carbocycles. The van der Waals surface area contributed by atoms with Gasteiger partial charge in [0.2, 0.25) is 0 Å². The van der Waals surface area contributed by atoms with Crippen LogP contribution in [-0.2, 0) is 4.79 Å². The van der Waals surface area contributed by atoms with Gasteiger partial charge in [0.05, 0.1) is 0 Å². The number of hydrogen-bond acceptors (Lipinski definition) is 2. The number of carbonyl (C=O) groups excluding carboxylic acids is 1. The summed E-state index contributed by atoms with van der Waals surface area (Å²) in [4.78, 5) is 10.8. The molecule has 0 radical (unpaired) electrons. The van der Waals surface area contributed by atoms with Crippen LogP contribution < -0.4 is 34.7 Å². The number of carboxylic acids is 1. The Bertz CT molecular complexity index is 237. The van der Waals surface area contributed by atoms with Crippen molar-refractivity contribution in [3.8, 4) is 0 Å². The van der Waals surface area contributed by atoms with Crippen LogP contribution in [0.2, 0.25) is 0 Å². The van der Waals surface area contributed by atoms with Crippen LogP contribution in [0.5, 0.6) is 0 Å². The second-order valence-electron chi connectivity index (χ2n) is 6.27. The molecule has 20 heavy (non-hydrogen) atoms. The zero-order chi connectivity index (χ0) is 14.1. The van der Waals surface area contributed by atoms with E-state index in [9.17, 15) is 9.90 Å². The Morgan fingerprint density at radius 2 is 1.25 bits per heavy atom. The molecule has 3 heteroatoms. The number of aliphatic carboxylic acids is 1. The SMILES string of the molecule is CCCCCCC1C(CCCCCC)C1CC(=O)[O-].[Na+]. The minimum atomic E-state index is -0.848. The third-order valence-corrected chi connectivity index (χ3v) is 4.69. The predicted molar refractivity (Wildman–Crippen MR) is 77.6 cm³/mol. The summed E-state index contributed by atoms with van der Waals surface area (Å²) in [5.74, 6) is 0.973. The summed E-state index contributed by atoms with van der Waals surface area (Å²) >= 11 is 0. The van der Waals surface area contributed by atoms with Crippen LogP contribution >= 0.6 is 0 Å². The summed E-state index contributed by atoms with van der Waals surface area (Å²) in [5, 5.41) is 10.8. The third kappa shape index (κ3) is 8.05. The summed E-state index contributed by atoms with van der Waals surface area (Å²) in [7, 11) is 0. The van der Waals surface area contributed by atoms with E-state index < -0.39 is 5.97 Å². The first-order valence-electron chi connectivity index (χ1n) is 8.40. The van der Waals surface area contributed by atoms with E-state index in [1.54, 1.807) is 0 Å². The standard InChI is InChI=1S/C17H32O2.Na/c1-3-5-7-9-11-14-15(12-10-8-6-4-2)16(14)13-17(18)19;/h14-16H,3-13H2,1-2H3,(H,18,19);/q;+1/p-1. The van der Waals surface area contributed by atoms with Crippen molar-refractivity contribution in [2.75, 3.05) is 0 Å². The van der Waals surface area contributed by atoms with Crippen LogP contribution in [-0.4, -0.2) is 5.97 Å². The van der Waals surface area contributed by atoms with E-state index in [-0.39, 0.29) is 29.6 Å². The topological polar surface area (TPSA) is 40.1 Å². The maximum atomic E-state index is 10.8. The molecule has 1 aliphatic rings. The Labute approximate surface area is 147 Å². The molecule has 0 saturated heterocycles. The van der Waals surface area contributed by atoms with Crippen molar-refractivity contribution in [3.63, 3.8) is 0 Å². The molecule has 112 valence electrons. The summed E-state index contributed by atoms with van der Waals surface area (Å²) < 4.78 is 0. The molecule has 0 N–H and O–H groups in total. The van der Waals surface area contributed by atoms with Gasteiger partial charge in [-0.1, -0.05) is 65.2 Å². The van der Waals surface area contributed by atoms with Crippen LogP contribution in [0.15, 0.2) is 0 Å². The maximum absolute atomic E-state index is 10.8. The van der Waals surface area contributed by atoms with Gasteiger partial charge in [-0.15, -0.1) is 0 Å². The van der Waals surface area contributed by atoms with E-state index in [0.29, 0.717) is 24.2 Å². The van der Waals surface area contributed by atoms with Gasteiger partial charge in [0, 0.05) is 5.97 Å². The van der Waals surface area contributed by atoms with E-state index in [4.69, 9.17) is 0 Å². The van der Waals surface area contributed by atoms with E-state index in [2.05, 4.69) is 13.8 Å². The molecule has 1 fully saturated rings. The van der Waals surface area contributed by atoms with Crippen molar-refractivity contribution >= 4 is 5.97 Å². The molecule has 0 heterocycles. The Kier molecular flexibility index (Phi) is 12.3.